The number of phenols is 1. The molecule has 0 fully saturated rings. The molecule has 0 aromatic heterocycles. The minimum absolute atomic E-state index is 0.250. The second kappa shape index (κ2) is 5.21. The van der Waals surface area contributed by atoms with Crippen molar-refractivity contribution in [3.63, 3.8) is 0 Å². The van der Waals surface area contributed by atoms with Crippen molar-refractivity contribution >= 4 is 5.97 Å². The van der Waals surface area contributed by atoms with Gasteiger partial charge in [-0.05, 0) is 61.9 Å². The number of carbonyl (C=O) groups excluding carboxylic acids is 1. The first kappa shape index (κ1) is 13.6. The molecule has 3 nitrogen and oxygen atoms in total. The maximum atomic E-state index is 11.1. The van der Waals surface area contributed by atoms with E-state index in [-0.39, 0.29) is 5.97 Å². The van der Waals surface area contributed by atoms with E-state index in [2.05, 4.69) is 4.74 Å². The summed E-state index contributed by atoms with van der Waals surface area (Å²) < 4.78 is 4.62. The highest BCUT2D eigenvalue weighted by molar-refractivity contribution is 5.70. The van der Waals surface area contributed by atoms with Gasteiger partial charge in [-0.15, -0.1) is 0 Å². The first-order valence-corrected chi connectivity index (χ1v) is 5.75. The van der Waals surface area contributed by atoms with Crippen LogP contribution in [0, 0.1) is 27.7 Å². The molecule has 0 atom stereocenters. The van der Waals surface area contributed by atoms with Gasteiger partial charge in [0.15, 0.2) is 0 Å². The zero-order valence-corrected chi connectivity index (χ0v) is 11.2. The fraction of sp³-hybridized carbons (Fsp3) is 0.500. The lowest BCUT2D eigenvalue weighted by Gasteiger charge is -2.16. The number of rotatable bonds is 3. The molecule has 1 aromatic rings. The number of hydrogen-bond donors (Lipinski definition) is 1. The molecule has 1 rings (SSSR count). The van der Waals surface area contributed by atoms with Crippen LogP contribution in [0.1, 0.15) is 34.2 Å². The van der Waals surface area contributed by atoms with Crippen LogP contribution in [0.25, 0.3) is 0 Å². The van der Waals surface area contributed by atoms with E-state index in [0.717, 1.165) is 22.3 Å². The van der Waals surface area contributed by atoms with Crippen LogP contribution in [0.4, 0.5) is 0 Å². The van der Waals surface area contributed by atoms with Crippen molar-refractivity contribution in [2.24, 2.45) is 0 Å². The van der Waals surface area contributed by atoms with Crippen LogP contribution >= 0.6 is 0 Å². The SMILES string of the molecule is COC(=O)CCc1c(C)c(C)c(C)c(C)c1O. The van der Waals surface area contributed by atoms with Crippen LogP contribution < -0.4 is 0 Å². The van der Waals surface area contributed by atoms with E-state index < -0.39 is 0 Å². The molecular formula is C14H20O3. The number of esters is 1. The first-order valence-electron chi connectivity index (χ1n) is 5.75. The number of methoxy groups -OCH3 is 1. The number of aromatic hydroxyl groups is 1. The third kappa shape index (κ3) is 2.60. The molecule has 0 amide bonds. The highest BCUT2D eigenvalue weighted by atomic mass is 16.5. The maximum absolute atomic E-state index is 11.1. The Morgan fingerprint density at radius 1 is 1.06 bits per heavy atom. The summed E-state index contributed by atoms with van der Waals surface area (Å²) in [5.74, 6) is 0.0641. The maximum Gasteiger partial charge on any atom is 0.305 e. The van der Waals surface area contributed by atoms with E-state index in [1.165, 1.54) is 12.7 Å². The Morgan fingerprint density at radius 3 is 2.12 bits per heavy atom. The molecule has 0 spiro atoms. The van der Waals surface area contributed by atoms with Gasteiger partial charge in [-0.1, -0.05) is 0 Å². The Hall–Kier alpha value is -1.51. The average molecular weight is 236 g/mol. The van der Waals surface area contributed by atoms with Crippen molar-refractivity contribution < 1.29 is 14.6 Å². The number of benzene rings is 1. The van der Waals surface area contributed by atoms with Gasteiger partial charge >= 0.3 is 5.97 Å². The molecular weight excluding hydrogens is 216 g/mol. The fourth-order valence-corrected chi connectivity index (χ4v) is 2.01. The van der Waals surface area contributed by atoms with Crippen molar-refractivity contribution in [3.05, 3.63) is 27.8 Å². The largest absolute Gasteiger partial charge is 0.507 e. The molecule has 0 heterocycles. The molecule has 0 aliphatic heterocycles. The number of ether oxygens (including phenoxy) is 1. The van der Waals surface area contributed by atoms with Crippen molar-refractivity contribution in [2.75, 3.05) is 7.11 Å². The molecule has 17 heavy (non-hydrogen) atoms. The van der Waals surface area contributed by atoms with Crippen LogP contribution in [-0.2, 0) is 16.0 Å². The van der Waals surface area contributed by atoms with Gasteiger partial charge in [0.25, 0.3) is 0 Å². The van der Waals surface area contributed by atoms with E-state index >= 15 is 0 Å². The normalized spacial score (nSPS) is 10.4. The third-order valence-electron chi connectivity index (χ3n) is 3.59. The quantitative estimate of drug-likeness (QED) is 0.821. The van der Waals surface area contributed by atoms with Gasteiger partial charge in [0.2, 0.25) is 0 Å². The molecule has 0 saturated heterocycles. The van der Waals surface area contributed by atoms with Gasteiger partial charge in [0.05, 0.1) is 7.11 Å². The van der Waals surface area contributed by atoms with Crippen molar-refractivity contribution in [1.29, 1.82) is 0 Å². The van der Waals surface area contributed by atoms with Gasteiger partial charge in [0, 0.05) is 6.42 Å². The Bertz CT molecular complexity index is 418. The lowest BCUT2D eigenvalue weighted by atomic mass is 9.91. The van der Waals surface area contributed by atoms with E-state index in [4.69, 9.17) is 0 Å². The summed E-state index contributed by atoms with van der Waals surface area (Å²) in [7, 11) is 1.38. The topological polar surface area (TPSA) is 46.5 Å². The predicted octanol–water partition coefficient (Wildman–Crippen LogP) is 2.73. The highest BCUT2D eigenvalue weighted by Gasteiger charge is 2.15. The van der Waals surface area contributed by atoms with E-state index in [0.29, 0.717) is 18.6 Å². The van der Waals surface area contributed by atoms with Crippen molar-refractivity contribution in [3.8, 4) is 5.75 Å². The molecule has 0 bridgehead atoms. The first-order chi connectivity index (χ1) is 7.90. The third-order valence-corrected chi connectivity index (χ3v) is 3.59. The second-order valence-electron chi connectivity index (χ2n) is 4.40. The van der Waals surface area contributed by atoms with Crippen LogP contribution in [0.2, 0.25) is 0 Å². The van der Waals surface area contributed by atoms with Crippen molar-refractivity contribution in [1.82, 2.24) is 0 Å². The molecule has 0 radical (unpaired) electrons. The molecule has 0 unspecified atom stereocenters. The van der Waals surface area contributed by atoms with Gasteiger partial charge in [-0.3, -0.25) is 4.79 Å². The average Bonchev–Trinajstić information content (AvgIpc) is 2.33. The number of carbonyl (C=O) groups is 1. The smallest absolute Gasteiger partial charge is 0.305 e. The Labute approximate surface area is 102 Å². The molecule has 94 valence electrons. The standard InChI is InChI=1S/C14H20O3/c1-8-9(2)11(4)14(16)12(10(8)3)6-7-13(15)17-5/h16H,6-7H2,1-5H3. The van der Waals surface area contributed by atoms with Crippen LogP contribution in [0.5, 0.6) is 5.75 Å². The molecule has 3 heteroatoms. The second-order valence-corrected chi connectivity index (χ2v) is 4.40. The molecule has 0 aliphatic rings. The number of phenolic OH excluding ortho intramolecular Hbond substituents is 1. The molecule has 0 aliphatic carbocycles. The van der Waals surface area contributed by atoms with E-state index in [1.807, 2.05) is 27.7 Å². The Morgan fingerprint density at radius 2 is 1.59 bits per heavy atom. The summed E-state index contributed by atoms with van der Waals surface area (Å²) >= 11 is 0. The highest BCUT2D eigenvalue weighted by Crippen LogP contribution is 2.32. The van der Waals surface area contributed by atoms with Gasteiger partial charge in [-0.25, -0.2) is 0 Å². The van der Waals surface area contributed by atoms with E-state index in [1.54, 1.807) is 0 Å². The molecule has 1 N–H and O–H groups in total. The van der Waals surface area contributed by atoms with Crippen molar-refractivity contribution in [2.45, 2.75) is 40.5 Å². The molecule has 0 saturated carbocycles. The van der Waals surface area contributed by atoms with Crippen LogP contribution in [0.3, 0.4) is 0 Å². The summed E-state index contributed by atoms with van der Waals surface area (Å²) in [6.45, 7) is 7.92. The van der Waals surface area contributed by atoms with Gasteiger partial charge in [-0.2, -0.15) is 0 Å². The van der Waals surface area contributed by atoms with Crippen LogP contribution in [0.15, 0.2) is 0 Å². The summed E-state index contributed by atoms with van der Waals surface area (Å²) in [4.78, 5) is 11.1. The minimum Gasteiger partial charge on any atom is -0.507 e. The van der Waals surface area contributed by atoms with Gasteiger partial charge < -0.3 is 9.84 Å². The van der Waals surface area contributed by atoms with Crippen LogP contribution in [-0.4, -0.2) is 18.2 Å². The summed E-state index contributed by atoms with van der Waals surface area (Å²) in [6.07, 6.45) is 0.819. The monoisotopic (exact) mass is 236 g/mol. The Balaban J connectivity index is 3.12. The summed E-state index contributed by atoms with van der Waals surface area (Å²) in [5.41, 5.74) is 5.11. The predicted molar refractivity (Wildman–Crippen MR) is 67.4 cm³/mol. The lowest BCUT2D eigenvalue weighted by molar-refractivity contribution is -0.140. The summed E-state index contributed by atoms with van der Waals surface area (Å²) in [5, 5.41) is 10.1. The zero-order valence-electron chi connectivity index (χ0n) is 11.2. The zero-order chi connectivity index (χ0) is 13.2. The lowest BCUT2D eigenvalue weighted by Crippen LogP contribution is -2.05. The van der Waals surface area contributed by atoms with E-state index in [9.17, 15) is 9.90 Å². The van der Waals surface area contributed by atoms with Gasteiger partial charge in [0.1, 0.15) is 5.75 Å². The fourth-order valence-electron chi connectivity index (χ4n) is 2.01. The summed E-state index contributed by atoms with van der Waals surface area (Å²) in [6, 6.07) is 0. The Kier molecular flexibility index (Phi) is 4.16. The number of hydrogen-bond acceptors (Lipinski definition) is 3. The molecule has 1 aromatic carbocycles. The minimum atomic E-state index is -0.250.